The van der Waals surface area contributed by atoms with Crippen LogP contribution in [0.5, 0.6) is 0 Å². The molecule has 0 aliphatic carbocycles. The molecule has 0 radical (unpaired) electrons. The van der Waals surface area contributed by atoms with Crippen molar-refractivity contribution in [2.45, 2.75) is 39.2 Å². The zero-order valence-corrected chi connectivity index (χ0v) is 17.8. The highest BCUT2D eigenvalue weighted by Crippen LogP contribution is 2.30. The first kappa shape index (κ1) is 20.4. The first-order valence-corrected chi connectivity index (χ1v) is 10.5. The highest BCUT2D eigenvalue weighted by molar-refractivity contribution is 7.13. The molecule has 150 valence electrons. The lowest BCUT2D eigenvalue weighted by Gasteiger charge is -2.34. The summed E-state index contributed by atoms with van der Waals surface area (Å²) in [5.74, 6) is 1.45. The summed E-state index contributed by atoms with van der Waals surface area (Å²) in [5, 5.41) is 6.08. The molecule has 1 aliphatic rings. The molecule has 1 N–H and O–H groups in total. The predicted molar refractivity (Wildman–Crippen MR) is 113 cm³/mol. The van der Waals surface area contributed by atoms with Crippen molar-refractivity contribution in [3.05, 3.63) is 40.8 Å². The molecule has 2 aromatic heterocycles. The minimum atomic E-state index is -0.0938. The fourth-order valence-electron chi connectivity index (χ4n) is 3.25. The Bertz CT molecular complexity index is 847. The van der Waals surface area contributed by atoms with Gasteiger partial charge in [-0.1, -0.05) is 6.08 Å². The number of hydrogen-bond acceptors (Lipinski definition) is 7. The number of rotatable bonds is 6. The molecule has 7 nitrogen and oxygen atoms in total. The van der Waals surface area contributed by atoms with Gasteiger partial charge in [0.15, 0.2) is 11.0 Å². The van der Waals surface area contributed by atoms with E-state index >= 15 is 0 Å². The van der Waals surface area contributed by atoms with E-state index in [-0.39, 0.29) is 11.9 Å². The Balaban J connectivity index is 1.80. The minimum absolute atomic E-state index is 0.0294. The number of aromatic nitrogens is 3. The summed E-state index contributed by atoms with van der Waals surface area (Å²) in [6, 6.07) is 1.82. The lowest BCUT2D eigenvalue weighted by atomic mass is 10.0. The number of likely N-dealkylation sites (N-methyl/N-ethyl adjacent to an activating group) is 1. The standard InChI is InChI=1S/C20H28N6OS/c1-14-12-17(24-20-22-15(2)13-28-20)23-19(21-14)16-8-5-6-11-26(16)18(27)9-7-10-25(3)4/h7,9,12-13,16H,5-6,8,10-11H2,1-4H3,(H,21,22,23,24)/b9-7+. The van der Waals surface area contributed by atoms with E-state index in [2.05, 4.69) is 15.3 Å². The first-order chi connectivity index (χ1) is 13.4. The maximum Gasteiger partial charge on any atom is 0.246 e. The van der Waals surface area contributed by atoms with E-state index < -0.39 is 0 Å². The number of carbonyl (C=O) groups excluding carboxylic acids is 1. The SMILES string of the molecule is Cc1cc(Nc2nc(C)cs2)nc(C2CCCCN2C(=O)/C=C/CN(C)C)n1. The van der Waals surface area contributed by atoms with E-state index in [0.29, 0.717) is 5.82 Å². The number of amides is 1. The van der Waals surface area contributed by atoms with Crippen LogP contribution in [0.2, 0.25) is 0 Å². The van der Waals surface area contributed by atoms with Crippen LogP contribution in [0.1, 0.15) is 42.5 Å². The number of anilines is 2. The Morgan fingerprint density at radius 1 is 1.29 bits per heavy atom. The van der Waals surface area contributed by atoms with Crippen LogP contribution in [0.15, 0.2) is 23.6 Å². The summed E-state index contributed by atoms with van der Waals surface area (Å²) in [5.41, 5.74) is 1.86. The number of aryl methyl sites for hydroxylation is 2. The molecular weight excluding hydrogens is 372 g/mol. The van der Waals surface area contributed by atoms with Gasteiger partial charge < -0.3 is 15.1 Å². The van der Waals surface area contributed by atoms with E-state index in [9.17, 15) is 4.79 Å². The van der Waals surface area contributed by atoms with Gasteiger partial charge in [0.2, 0.25) is 5.91 Å². The number of likely N-dealkylation sites (tertiary alicyclic amines) is 1. The topological polar surface area (TPSA) is 74.2 Å². The van der Waals surface area contributed by atoms with Gasteiger partial charge in [0, 0.05) is 36.3 Å². The van der Waals surface area contributed by atoms with Gasteiger partial charge in [0.05, 0.1) is 11.7 Å². The molecular formula is C20H28N6OS. The van der Waals surface area contributed by atoms with Crippen LogP contribution >= 0.6 is 11.3 Å². The highest BCUT2D eigenvalue weighted by atomic mass is 32.1. The molecule has 1 atom stereocenters. The second-order valence-corrected chi connectivity index (χ2v) is 8.24. The van der Waals surface area contributed by atoms with Crippen molar-refractivity contribution in [1.82, 2.24) is 24.8 Å². The zero-order valence-electron chi connectivity index (χ0n) is 17.0. The Hall–Kier alpha value is -2.32. The van der Waals surface area contributed by atoms with Crippen molar-refractivity contribution < 1.29 is 4.79 Å². The number of nitrogens with one attached hydrogen (secondary N) is 1. The summed E-state index contributed by atoms with van der Waals surface area (Å²) < 4.78 is 0. The van der Waals surface area contributed by atoms with Gasteiger partial charge in [0.1, 0.15) is 5.82 Å². The maximum atomic E-state index is 12.8. The van der Waals surface area contributed by atoms with Gasteiger partial charge in [0.25, 0.3) is 0 Å². The summed E-state index contributed by atoms with van der Waals surface area (Å²) in [7, 11) is 3.97. The summed E-state index contributed by atoms with van der Waals surface area (Å²) in [6.07, 6.45) is 6.54. The average Bonchev–Trinajstić information content (AvgIpc) is 3.05. The van der Waals surface area contributed by atoms with E-state index in [0.717, 1.165) is 54.7 Å². The third-order valence-electron chi connectivity index (χ3n) is 4.54. The van der Waals surface area contributed by atoms with Crippen LogP contribution in [-0.4, -0.2) is 57.8 Å². The summed E-state index contributed by atoms with van der Waals surface area (Å²) >= 11 is 1.55. The van der Waals surface area contributed by atoms with Crippen LogP contribution in [0.4, 0.5) is 10.9 Å². The first-order valence-electron chi connectivity index (χ1n) is 9.59. The van der Waals surface area contributed by atoms with E-state index in [1.165, 1.54) is 0 Å². The molecule has 3 heterocycles. The van der Waals surface area contributed by atoms with Crippen LogP contribution in [-0.2, 0) is 4.79 Å². The Morgan fingerprint density at radius 2 is 2.11 bits per heavy atom. The molecule has 2 aromatic rings. The fraction of sp³-hybridized carbons (Fsp3) is 0.500. The third-order valence-corrected chi connectivity index (χ3v) is 5.42. The molecule has 1 unspecified atom stereocenters. The van der Waals surface area contributed by atoms with Crippen molar-refractivity contribution in [1.29, 1.82) is 0 Å². The Kier molecular flexibility index (Phi) is 6.74. The van der Waals surface area contributed by atoms with Crippen molar-refractivity contribution in [3.8, 4) is 0 Å². The van der Waals surface area contributed by atoms with E-state index in [1.807, 2.05) is 55.3 Å². The molecule has 28 heavy (non-hydrogen) atoms. The molecule has 1 aliphatic heterocycles. The lowest BCUT2D eigenvalue weighted by molar-refractivity contribution is -0.129. The van der Waals surface area contributed by atoms with Crippen LogP contribution in [0.3, 0.4) is 0 Å². The van der Waals surface area contributed by atoms with Gasteiger partial charge in [-0.15, -0.1) is 11.3 Å². The molecule has 0 saturated carbocycles. The van der Waals surface area contributed by atoms with Gasteiger partial charge in [-0.05, 0) is 47.2 Å². The zero-order chi connectivity index (χ0) is 20.1. The quantitative estimate of drug-likeness (QED) is 0.749. The second-order valence-electron chi connectivity index (χ2n) is 7.38. The predicted octanol–water partition coefficient (Wildman–Crippen LogP) is 3.46. The number of nitrogens with zero attached hydrogens (tertiary/aromatic N) is 5. The van der Waals surface area contributed by atoms with Gasteiger partial charge in [-0.3, -0.25) is 4.79 Å². The third kappa shape index (κ3) is 5.36. The van der Waals surface area contributed by atoms with Gasteiger partial charge in [-0.25, -0.2) is 15.0 Å². The number of hydrogen-bond donors (Lipinski definition) is 1. The minimum Gasteiger partial charge on any atom is -0.329 e. The lowest BCUT2D eigenvalue weighted by Crippen LogP contribution is -2.38. The molecule has 0 aromatic carbocycles. The molecule has 0 bridgehead atoms. The molecule has 3 rings (SSSR count). The largest absolute Gasteiger partial charge is 0.329 e. The Labute approximate surface area is 170 Å². The Morgan fingerprint density at radius 3 is 2.82 bits per heavy atom. The van der Waals surface area contributed by atoms with Crippen LogP contribution < -0.4 is 5.32 Å². The van der Waals surface area contributed by atoms with Crippen molar-refractivity contribution in [3.63, 3.8) is 0 Å². The van der Waals surface area contributed by atoms with Gasteiger partial charge in [-0.2, -0.15) is 0 Å². The van der Waals surface area contributed by atoms with Gasteiger partial charge >= 0.3 is 0 Å². The smallest absolute Gasteiger partial charge is 0.246 e. The summed E-state index contributed by atoms with van der Waals surface area (Å²) in [4.78, 5) is 30.5. The maximum absolute atomic E-state index is 12.8. The molecule has 1 fully saturated rings. The molecule has 1 amide bonds. The highest BCUT2D eigenvalue weighted by Gasteiger charge is 2.29. The molecule has 8 heteroatoms. The second kappa shape index (κ2) is 9.25. The van der Waals surface area contributed by atoms with Crippen molar-refractivity contribution >= 4 is 28.2 Å². The number of piperidine rings is 1. The van der Waals surface area contributed by atoms with Crippen molar-refractivity contribution in [2.75, 3.05) is 32.5 Å². The monoisotopic (exact) mass is 400 g/mol. The van der Waals surface area contributed by atoms with Crippen LogP contribution in [0.25, 0.3) is 0 Å². The number of carbonyl (C=O) groups is 1. The summed E-state index contributed by atoms with van der Waals surface area (Å²) in [6.45, 7) is 5.40. The van der Waals surface area contributed by atoms with E-state index in [1.54, 1.807) is 17.4 Å². The van der Waals surface area contributed by atoms with Crippen molar-refractivity contribution in [2.24, 2.45) is 0 Å². The fourth-order valence-corrected chi connectivity index (χ4v) is 3.94. The number of thiazole rings is 1. The van der Waals surface area contributed by atoms with Crippen LogP contribution in [0, 0.1) is 13.8 Å². The molecule has 1 saturated heterocycles. The normalized spacial score (nSPS) is 17.5. The molecule has 0 spiro atoms. The van der Waals surface area contributed by atoms with E-state index in [4.69, 9.17) is 4.98 Å². The average molecular weight is 401 g/mol.